The van der Waals surface area contributed by atoms with Crippen molar-refractivity contribution in [2.45, 2.75) is 26.3 Å². The second-order valence-corrected chi connectivity index (χ2v) is 4.72. The number of halogens is 1. The third kappa shape index (κ3) is 8.93. The molecule has 0 fully saturated rings. The standard InChI is InChI=1S/C16H27N3O.HI/c1-4-20-13-9-8-12-18-16(17-2)19(3)14-15-10-6-5-7-11-15;/h5-7,10-11H,4,8-9,12-14H2,1-3H3,(H,17,18);1H. The van der Waals surface area contributed by atoms with E-state index >= 15 is 0 Å². The molecule has 1 aromatic carbocycles. The fourth-order valence-corrected chi connectivity index (χ4v) is 1.99. The Bertz CT molecular complexity index is 384. The normalized spacial score (nSPS) is 10.9. The number of benzene rings is 1. The molecule has 1 rings (SSSR count). The SMILES string of the molecule is CCOCCCCNC(=NC)N(C)Cc1ccccc1.I. The summed E-state index contributed by atoms with van der Waals surface area (Å²) >= 11 is 0. The molecule has 0 aromatic heterocycles. The molecule has 0 saturated carbocycles. The van der Waals surface area contributed by atoms with Gasteiger partial charge < -0.3 is 15.0 Å². The molecule has 0 heterocycles. The molecular formula is C16H28IN3O. The molecular weight excluding hydrogens is 377 g/mol. The average molecular weight is 405 g/mol. The van der Waals surface area contributed by atoms with E-state index in [0.29, 0.717) is 0 Å². The number of nitrogens with one attached hydrogen (secondary N) is 1. The van der Waals surface area contributed by atoms with Gasteiger partial charge in [0, 0.05) is 40.4 Å². The molecule has 0 spiro atoms. The third-order valence-corrected chi connectivity index (χ3v) is 3.04. The van der Waals surface area contributed by atoms with E-state index in [4.69, 9.17) is 4.74 Å². The van der Waals surface area contributed by atoms with Gasteiger partial charge in [-0.25, -0.2) is 0 Å². The van der Waals surface area contributed by atoms with E-state index in [0.717, 1.165) is 45.1 Å². The zero-order valence-corrected chi connectivity index (χ0v) is 15.7. The summed E-state index contributed by atoms with van der Waals surface area (Å²) in [7, 11) is 3.88. The fourth-order valence-electron chi connectivity index (χ4n) is 1.99. The van der Waals surface area contributed by atoms with Crippen molar-refractivity contribution in [1.82, 2.24) is 10.2 Å². The molecule has 0 saturated heterocycles. The monoisotopic (exact) mass is 405 g/mol. The number of aliphatic imine (C=N–C) groups is 1. The van der Waals surface area contributed by atoms with Crippen LogP contribution in [0.5, 0.6) is 0 Å². The van der Waals surface area contributed by atoms with Gasteiger partial charge in [0.15, 0.2) is 5.96 Å². The highest BCUT2D eigenvalue weighted by atomic mass is 127. The summed E-state index contributed by atoms with van der Waals surface area (Å²) in [6.45, 7) is 5.46. The molecule has 0 bridgehead atoms. The predicted molar refractivity (Wildman–Crippen MR) is 100 cm³/mol. The molecule has 0 radical (unpaired) electrons. The summed E-state index contributed by atoms with van der Waals surface area (Å²) in [6.07, 6.45) is 2.18. The van der Waals surface area contributed by atoms with Crippen molar-refractivity contribution in [2.75, 3.05) is 33.9 Å². The van der Waals surface area contributed by atoms with Crippen LogP contribution in [-0.4, -0.2) is 44.7 Å². The highest BCUT2D eigenvalue weighted by Gasteiger charge is 2.05. The lowest BCUT2D eigenvalue weighted by atomic mass is 10.2. The number of rotatable bonds is 8. The minimum absolute atomic E-state index is 0. The Hall–Kier alpha value is -0.820. The van der Waals surface area contributed by atoms with Crippen LogP contribution in [0.25, 0.3) is 0 Å². The summed E-state index contributed by atoms with van der Waals surface area (Å²) in [5.41, 5.74) is 1.29. The van der Waals surface area contributed by atoms with Crippen LogP contribution in [0.15, 0.2) is 35.3 Å². The molecule has 0 amide bonds. The first-order valence-corrected chi connectivity index (χ1v) is 7.31. The minimum atomic E-state index is 0. The van der Waals surface area contributed by atoms with Crippen molar-refractivity contribution in [3.63, 3.8) is 0 Å². The maximum Gasteiger partial charge on any atom is 0.193 e. The molecule has 5 heteroatoms. The Labute approximate surface area is 146 Å². The lowest BCUT2D eigenvalue weighted by molar-refractivity contribution is 0.143. The molecule has 0 atom stereocenters. The van der Waals surface area contributed by atoms with Crippen molar-refractivity contribution in [1.29, 1.82) is 0 Å². The largest absolute Gasteiger partial charge is 0.382 e. The van der Waals surface area contributed by atoms with Crippen LogP contribution in [0.3, 0.4) is 0 Å². The number of unbranched alkanes of at least 4 members (excludes halogenated alkanes) is 1. The van der Waals surface area contributed by atoms with Crippen molar-refractivity contribution < 1.29 is 4.74 Å². The van der Waals surface area contributed by atoms with Gasteiger partial charge in [0.2, 0.25) is 0 Å². The highest BCUT2D eigenvalue weighted by molar-refractivity contribution is 14.0. The Morgan fingerprint density at radius 3 is 2.57 bits per heavy atom. The maximum absolute atomic E-state index is 5.32. The third-order valence-electron chi connectivity index (χ3n) is 3.04. The van der Waals surface area contributed by atoms with Gasteiger partial charge >= 0.3 is 0 Å². The van der Waals surface area contributed by atoms with E-state index in [2.05, 4.69) is 46.5 Å². The van der Waals surface area contributed by atoms with Crippen LogP contribution >= 0.6 is 24.0 Å². The number of hydrogen-bond donors (Lipinski definition) is 1. The zero-order chi connectivity index (χ0) is 14.6. The van der Waals surface area contributed by atoms with Gasteiger partial charge in [-0.3, -0.25) is 4.99 Å². The van der Waals surface area contributed by atoms with Gasteiger partial charge in [-0.1, -0.05) is 30.3 Å². The Morgan fingerprint density at radius 2 is 1.95 bits per heavy atom. The van der Waals surface area contributed by atoms with Crippen molar-refractivity contribution in [3.8, 4) is 0 Å². The van der Waals surface area contributed by atoms with E-state index in [1.165, 1.54) is 5.56 Å². The molecule has 21 heavy (non-hydrogen) atoms. The summed E-state index contributed by atoms with van der Waals surface area (Å²) < 4.78 is 5.32. The van der Waals surface area contributed by atoms with Crippen LogP contribution in [0.2, 0.25) is 0 Å². The van der Waals surface area contributed by atoms with Crippen molar-refractivity contribution >= 4 is 29.9 Å². The van der Waals surface area contributed by atoms with Crippen LogP contribution in [-0.2, 0) is 11.3 Å². The Balaban J connectivity index is 0.00000400. The fraction of sp³-hybridized carbons (Fsp3) is 0.562. The summed E-state index contributed by atoms with van der Waals surface area (Å²) in [4.78, 5) is 6.46. The predicted octanol–water partition coefficient (Wildman–Crippen LogP) is 3.13. The quantitative estimate of drug-likeness (QED) is 0.313. The molecule has 0 aliphatic carbocycles. The van der Waals surface area contributed by atoms with Crippen molar-refractivity contribution in [2.24, 2.45) is 4.99 Å². The molecule has 120 valence electrons. The molecule has 0 aliphatic rings. The maximum atomic E-state index is 5.32. The number of nitrogens with zero attached hydrogens (tertiary/aromatic N) is 2. The highest BCUT2D eigenvalue weighted by Crippen LogP contribution is 2.02. The summed E-state index contributed by atoms with van der Waals surface area (Å²) in [5.74, 6) is 0.935. The van der Waals surface area contributed by atoms with Crippen LogP contribution in [0.1, 0.15) is 25.3 Å². The van der Waals surface area contributed by atoms with E-state index in [-0.39, 0.29) is 24.0 Å². The second-order valence-electron chi connectivity index (χ2n) is 4.72. The molecule has 1 aromatic rings. The van der Waals surface area contributed by atoms with Crippen LogP contribution in [0, 0.1) is 0 Å². The van der Waals surface area contributed by atoms with Crippen molar-refractivity contribution in [3.05, 3.63) is 35.9 Å². The van der Waals surface area contributed by atoms with Gasteiger partial charge in [0.1, 0.15) is 0 Å². The van der Waals surface area contributed by atoms with Crippen LogP contribution in [0.4, 0.5) is 0 Å². The lowest BCUT2D eigenvalue weighted by Gasteiger charge is -2.22. The molecule has 1 N–H and O–H groups in total. The smallest absolute Gasteiger partial charge is 0.193 e. The van der Waals surface area contributed by atoms with Gasteiger partial charge in [-0.15, -0.1) is 24.0 Å². The number of ether oxygens (including phenoxy) is 1. The second kappa shape index (κ2) is 12.9. The first-order valence-electron chi connectivity index (χ1n) is 7.31. The summed E-state index contributed by atoms with van der Waals surface area (Å²) in [5, 5.41) is 3.39. The minimum Gasteiger partial charge on any atom is -0.382 e. The topological polar surface area (TPSA) is 36.9 Å². The van der Waals surface area contributed by atoms with Gasteiger partial charge in [-0.2, -0.15) is 0 Å². The molecule has 4 nitrogen and oxygen atoms in total. The van der Waals surface area contributed by atoms with E-state index in [9.17, 15) is 0 Å². The number of hydrogen-bond acceptors (Lipinski definition) is 2. The Kier molecular flexibility index (Phi) is 12.4. The summed E-state index contributed by atoms with van der Waals surface area (Å²) in [6, 6.07) is 10.4. The average Bonchev–Trinajstić information content (AvgIpc) is 2.47. The zero-order valence-electron chi connectivity index (χ0n) is 13.3. The Morgan fingerprint density at radius 1 is 1.24 bits per heavy atom. The molecule has 0 aliphatic heterocycles. The van der Waals surface area contributed by atoms with E-state index < -0.39 is 0 Å². The number of guanidine groups is 1. The lowest BCUT2D eigenvalue weighted by Crippen LogP contribution is -2.38. The van der Waals surface area contributed by atoms with E-state index in [1.54, 1.807) is 0 Å². The van der Waals surface area contributed by atoms with E-state index in [1.807, 2.05) is 20.0 Å². The first-order chi connectivity index (χ1) is 9.77. The first kappa shape index (κ1) is 20.2. The van der Waals surface area contributed by atoms with Gasteiger partial charge in [0.05, 0.1) is 0 Å². The molecule has 0 unspecified atom stereocenters. The van der Waals surface area contributed by atoms with Gasteiger partial charge in [0.25, 0.3) is 0 Å². The van der Waals surface area contributed by atoms with Crippen LogP contribution < -0.4 is 5.32 Å². The van der Waals surface area contributed by atoms with Gasteiger partial charge in [-0.05, 0) is 25.3 Å².